The van der Waals surface area contributed by atoms with Crippen molar-refractivity contribution in [2.24, 2.45) is 0 Å². The molecule has 1 amide bonds. The molecule has 7 heteroatoms. The highest BCUT2D eigenvalue weighted by Crippen LogP contribution is 2.23. The minimum absolute atomic E-state index is 0.0683. The number of carbonyl (C=O) groups is 1. The molecule has 140 valence electrons. The fourth-order valence-corrected chi connectivity index (χ4v) is 3.14. The third-order valence-corrected chi connectivity index (χ3v) is 4.65. The number of hydrogen-bond donors (Lipinski definition) is 1. The second-order valence-electron chi connectivity index (χ2n) is 6.75. The molecule has 2 aromatic heterocycles. The van der Waals surface area contributed by atoms with Crippen molar-refractivity contribution in [1.82, 2.24) is 20.0 Å². The van der Waals surface area contributed by atoms with Gasteiger partial charge < -0.3 is 19.1 Å². The maximum Gasteiger partial charge on any atom is 0.274 e. The number of hydrogen-bond acceptors (Lipinski definition) is 5. The third kappa shape index (κ3) is 4.09. The first kappa shape index (κ1) is 17.5. The molecule has 0 unspecified atom stereocenters. The average Bonchev–Trinajstić information content (AvgIpc) is 3.42. The molecule has 1 saturated heterocycles. The molecule has 1 aromatic carbocycles. The van der Waals surface area contributed by atoms with Gasteiger partial charge in [0.25, 0.3) is 5.89 Å². The second kappa shape index (κ2) is 7.75. The normalized spacial score (nSPS) is 16.6. The SMILES string of the molecule is Cc1ccc(-c2noc(-c3cccn3CC(=O)NC[C@@H]3CCCO3)n2)cc1. The average molecular weight is 366 g/mol. The monoisotopic (exact) mass is 366 g/mol. The molecule has 1 aliphatic heterocycles. The van der Waals surface area contributed by atoms with E-state index in [1.54, 1.807) is 4.57 Å². The van der Waals surface area contributed by atoms with Crippen molar-refractivity contribution in [2.45, 2.75) is 32.4 Å². The van der Waals surface area contributed by atoms with Crippen LogP contribution in [0.1, 0.15) is 18.4 Å². The number of nitrogens with one attached hydrogen (secondary N) is 1. The molecule has 7 nitrogen and oxygen atoms in total. The molecule has 3 aromatic rings. The molecule has 0 radical (unpaired) electrons. The van der Waals surface area contributed by atoms with Gasteiger partial charge in [-0.2, -0.15) is 4.98 Å². The predicted molar refractivity (Wildman–Crippen MR) is 99.9 cm³/mol. The molecule has 0 saturated carbocycles. The van der Waals surface area contributed by atoms with Crippen LogP contribution < -0.4 is 5.32 Å². The number of aryl methyl sites for hydroxylation is 1. The molecule has 0 spiro atoms. The lowest BCUT2D eigenvalue weighted by Crippen LogP contribution is -2.34. The van der Waals surface area contributed by atoms with Crippen LogP contribution in [0.25, 0.3) is 23.0 Å². The van der Waals surface area contributed by atoms with Gasteiger partial charge >= 0.3 is 0 Å². The lowest BCUT2D eigenvalue weighted by molar-refractivity contribution is -0.122. The first-order valence-electron chi connectivity index (χ1n) is 9.13. The fourth-order valence-electron chi connectivity index (χ4n) is 3.14. The Hall–Kier alpha value is -2.93. The number of nitrogens with zero attached hydrogens (tertiary/aromatic N) is 3. The predicted octanol–water partition coefficient (Wildman–Crippen LogP) is 2.81. The lowest BCUT2D eigenvalue weighted by atomic mass is 10.1. The van der Waals surface area contributed by atoms with Crippen molar-refractivity contribution >= 4 is 5.91 Å². The molecule has 0 bridgehead atoms. The van der Waals surface area contributed by atoms with Gasteiger partial charge in [0, 0.05) is 24.9 Å². The number of ether oxygens (including phenoxy) is 1. The standard InChI is InChI=1S/C20H22N4O3/c1-14-6-8-15(9-7-14)19-22-20(27-23-19)17-5-2-10-24(17)13-18(25)21-12-16-4-3-11-26-16/h2,5-10,16H,3-4,11-13H2,1H3,(H,21,25)/t16-/m0/s1. The van der Waals surface area contributed by atoms with E-state index >= 15 is 0 Å². The highest BCUT2D eigenvalue weighted by molar-refractivity contribution is 5.76. The van der Waals surface area contributed by atoms with Crippen molar-refractivity contribution in [3.8, 4) is 23.0 Å². The Morgan fingerprint density at radius 2 is 2.15 bits per heavy atom. The summed E-state index contributed by atoms with van der Waals surface area (Å²) in [6, 6.07) is 11.7. The zero-order valence-corrected chi connectivity index (χ0v) is 15.2. The summed E-state index contributed by atoms with van der Waals surface area (Å²) in [6.45, 7) is 3.55. The highest BCUT2D eigenvalue weighted by Gasteiger charge is 2.18. The number of carbonyl (C=O) groups excluding carboxylic acids is 1. The van der Waals surface area contributed by atoms with Gasteiger partial charge in [-0.25, -0.2) is 0 Å². The summed E-state index contributed by atoms with van der Waals surface area (Å²) in [5, 5.41) is 6.99. The Morgan fingerprint density at radius 1 is 1.30 bits per heavy atom. The Balaban J connectivity index is 1.44. The Bertz CT molecular complexity index is 907. The van der Waals surface area contributed by atoms with Crippen LogP contribution in [0.3, 0.4) is 0 Å². The zero-order valence-electron chi connectivity index (χ0n) is 15.2. The minimum atomic E-state index is -0.0683. The molecule has 1 atom stereocenters. The fraction of sp³-hybridized carbons (Fsp3) is 0.350. The number of benzene rings is 1. The molecule has 4 rings (SSSR count). The molecular weight excluding hydrogens is 344 g/mol. The molecule has 0 aliphatic carbocycles. The molecule has 1 N–H and O–H groups in total. The minimum Gasteiger partial charge on any atom is -0.376 e. The van der Waals surface area contributed by atoms with Gasteiger partial charge in [0.05, 0.1) is 6.10 Å². The molecule has 27 heavy (non-hydrogen) atoms. The van der Waals surface area contributed by atoms with Crippen LogP contribution in [0.15, 0.2) is 47.1 Å². The topological polar surface area (TPSA) is 82.2 Å². The van der Waals surface area contributed by atoms with E-state index < -0.39 is 0 Å². The molecular formula is C20H22N4O3. The third-order valence-electron chi connectivity index (χ3n) is 4.65. The molecule has 3 heterocycles. The Labute approximate surface area is 157 Å². The van der Waals surface area contributed by atoms with Crippen LogP contribution in [0.4, 0.5) is 0 Å². The van der Waals surface area contributed by atoms with Crippen LogP contribution in [0.5, 0.6) is 0 Å². The van der Waals surface area contributed by atoms with E-state index in [2.05, 4.69) is 15.5 Å². The van der Waals surface area contributed by atoms with E-state index in [9.17, 15) is 4.79 Å². The van der Waals surface area contributed by atoms with Gasteiger partial charge in [0.1, 0.15) is 12.2 Å². The van der Waals surface area contributed by atoms with Gasteiger partial charge in [0.15, 0.2) is 0 Å². The second-order valence-corrected chi connectivity index (χ2v) is 6.75. The van der Waals surface area contributed by atoms with E-state index in [-0.39, 0.29) is 18.6 Å². The van der Waals surface area contributed by atoms with Crippen LogP contribution >= 0.6 is 0 Å². The first-order chi connectivity index (χ1) is 13.2. The summed E-state index contributed by atoms with van der Waals surface area (Å²) in [6.07, 6.45) is 4.02. The summed E-state index contributed by atoms with van der Waals surface area (Å²) in [4.78, 5) is 16.7. The van der Waals surface area contributed by atoms with E-state index in [1.165, 1.54) is 5.56 Å². The van der Waals surface area contributed by atoms with Crippen molar-refractivity contribution in [3.63, 3.8) is 0 Å². The van der Waals surface area contributed by atoms with Gasteiger partial charge in [-0.3, -0.25) is 4.79 Å². The zero-order chi connectivity index (χ0) is 18.6. The Morgan fingerprint density at radius 3 is 2.93 bits per heavy atom. The number of amides is 1. The summed E-state index contributed by atoms with van der Waals surface area (Å²) in [5.41, 5.74) is 2.78. The maximum atomic E-state index is 12.3. The van der Waals surface area contributed by atoms with Crippen molar-refractivity contribution < 1.29 is 14.1 Å². The highest BCUT2D eigenvalue weighted by atomic mass is 16.5. The van der Waals surface area contributed by atoms with Crippen LogP contribution in [0.2, 0.25) is 0 Å². The number of aromatic nitrogens is 3. The van der Waals surface area contributed by atoms with Crippen LogP contribution in [-0.4, -0.2) is 39.9 Å². The van der Waals surface area contributed by atoms with E-state index in [1.807, 2.05) is 49.5 Å². The van der Waals surface area contributed by atoms with E-state index in [0.717, 1.165) is 25.0 Å². The van der Waals surface area contributed by atoms with Crippen molar-refractivity contribution in [3.05, 3.63) is 48.2 Å². The van der Waals surface area contributed by atoms with Gasteiger partial charge in [-0.05, 0) is 31.9 Å². The molecule has 1 fully saturated rings. The van der Waals surface area contributed by atoms with Crippen molar-refractivity contribution in [1.29, 1.82) is 0 Å². The van der Waals surface area contributed by atoms with E-state index in [0.29, 0.717) is 24.0 Å². The summed E-state index contributed by atoms with van der Waals surface area (Å²) >= 11 is 0. The van der Waals surface area contributed by atoms with Gasteiger partial charge in [-0.1, -0.05) is 35.0 Å². The van der Waals surface area contributed by atoms with Crippen LogP contribution in [-0.2, 0) is 16.1 Å². The summed E-state index contributed by atoms with van der Waals surface area (Å²) < 4.78 is 12.8. The van der Waals surface area contributed by atoms with Crippen LogP contribution in [0, 0.1) is 6.92 Å². The lowest BCUT2D eigenvalue weighted by Gasteiger charge is -2.11. The maximum absolute atomic E-state index is 12.3. The quantitative estimate of drug-likeness (QED) is 0.725. The number of rotatable bonds is 6. The summed E-state index contributed by atoms with van der Waals surface area (Å²) in [7, 11) is 0. The summed E-state index contributed by atoms with van der Waals surface area (Å²) in [5.74, 6) is 0.851. The Kier molecular flexibility index (Phi) is 5.02. The van der Waals surface area contributed by atoms with Gasteiger partial charge in [-0.15, -0.1) is 0 Å². The molecule has 1 aliphatic rings. The van der Waals surface area contributed by atoms with E-state index in [4.69, 9.17) is 9.26 Å². The van der Waals surface area contributed by atoms with Gasteiger partial charge in [0.2, 0.25) is 11.7 Å². The largest absolute Gasteiger partial charge is 0.376 e. The first-order valence-corrected chi connectivity index (χ1v) is 9.13. The smallest absolute Gasteiger partial charge is 0.274 e. The van der Waals surface area contributed by atoms with Crippen molar-refractivity contribution in [2.75, 3.05) is 13.2 Å².